The Hall–Kier alpha value is 2.16. The average Bonchev–Trinajstić information content (AvgIpc) is 2.61. The molecule has 0 aliphatic carbocycles. The summed E-state index contributed by atoms with van der Waals surface area (Å²) in [6.45, 7) is 3.72. The summed E-state index contributed by atoms with van der Waals surface area (Å²) in [5.74, 6) is -0.629. The van der Waals surface area contributed by atoms with Crippen molar-refractivity contribution in [3.05, 3.63) is 61.4 Å². The van der Waals surface area contributed by atoms with E-state index in [9.17, 15) is 0 Å². The third-order valence-corrected chi connectivity index (χ3v) is 8.76. The first-order valence-corrected chi connectivity index (χ1v) is 10.7. The van der Waals surface area contributed by atoms with E-state index in [1.807, 2.05) is 13.8 Å². The Morgan fingerprint density at radius 3 is 0.704 bits per heavy atom. The monoisotopic (exact) mass is 671 g/mol. The maximum absolute atomic E-state index is 6.37. The third-order valence-electron chi connectivity index (χ3n) is 4.15. The van der Waals surface area contributed by atoms with E-state index in [0.29, 0.717) is 11.1 Å². The summed E-state index contributed by atoms with van der Waals surface area (Å²) in [7, 11) is 0. The van der Waals surface area contributed by atoms with Crippen LogP contribution >= 0.6 is 116 Å². The van der Waals surface area contributed by atoms with Crippen LogP contribution < -0.4 is 0 Å². The van der Waals surface area contributed by atoms with Gasteiger partial charge in [0.2, 0.25) is 0 Å². The predicted molar refractivity (Wildman–Crippen MR) is 126 cm³/mol. The molecule has 0 bridgehead atoms. The quantitative estimate of drug-likeness (QED) is 0.173. The zero-order valence-electron chi connectivity index (χ0n) is 13.4. The topological polar surface area (TPSA) is 0 Å². The molecule has 0 N–H and O–H groups in total. The van der Waals surface area contributed by atoms with Crippen molar-refractivity contribution in [2.75, 3.05) is 0 Å². The standard InChI is InChI=1S/C16H8Cl10.Sb/c1-3(5-7(17)11(21)15(25)12(22)8(5)18)4(2)6-9(19)13(23)16(26)14(24)10(6)20;/h3-4H,1-2H3;. The van der Waals surface area contributed by atoms with Gasteiger partial charge in [-0.2, -0.15) is 0 Å². The average molecular weight is 677 g/mol. The largest absolute Gasteiger partial charge is 0.0823 e. The molecular formula is C16H8Cl10Sb. The van der Waals surface area contributed by atoms with Gasteiger partial charge >= 0.3 is 0 Å². The molecule has 0 saturated carbocycles. The van der Waals surface area contributed by atoms with Gasteiger partial charge in [-0.05, 0) is 23.0 Å². The molecule has 3 radical (unpaired) electrons. The van der Waals surface area contributed by atoms with Gasteiger partial charge in [0.05, 0.1) is 50.2 Å². The molecule has 0 nitrogen and oxygen atoms in total. The molecule has 11 heteroatoms. The van der Waals surface area contributed by atoms with E-state index in [2.05, 4.69) is 0 Å². The van der Waals surface area contributed by atoms with Gasteiger partial charge in [-0.15, -0.1) is 0 Å². The summed E-state index contributed by atoms with van der Waals surface area (Å²) >= 11 is 62.3. The Bertz CT molecular complexity index is 764. The predicted octanol–water partition coefficient (Wildman–Crippen LogP) is 10.7. The fraction of sp³-hybridized carbons (Fsp3) is 0.250. The van der Waals surface area contributed by atoms with Crippen LogP contribution in [0.25, 0.3) is 0 Å². The summed E-state index contributed by atoms with van der Waals surface area (Å²) in [5, 5.41) is 1.41. The van der Waals surface area contributed by atoms with Crippen LogP contribution in [0.5, 0.6) is 0 Å². The second kappa shape index (κ2) is 10.7. The molecule has 0 fully saturated rings. The van der Waals surface area contributed by atoms with E-state index >= 15 is 0 Å². The molecule has 27 heavy (non-hydrogen) atoms. The van der Waals surface area contributed by atoms with E-state index in [1.54, 1.807) is 0 Å². The van der Waals surface area contributed by atoms with E-state index in [4.69, 9.17) is 116 Å². The molecule has 2 rings (SSSR count). The van der Waals surface area contributed by atoms with Crippen molar-refractivity contribution >= 4 is 140 Å². The van der Waals surface area contributed by atoms with Gasteiger partial charge in [-0.25, -0.2) is 0 Å². The van der Waals surface area contributed by atoms with E-state index in [-0.39, 0.29) is 86.5 Å². The van der Waals surface area contributed by atoms with Crippen molar-refractivity contribution in [3.8, 4) is 0 Å². The zero-order chi connectivity index (χ0) is 20.1. The van der Waals surface area contributed by atoms with Gasteiger partial charge in [-0.3, -0.25) is 0 Å². The van der Waals surface area contributed by atoms with Crippen LogP contribution in [0.1, 0.15) is 36.8 Å². The van der Waals surface area contributed by atoms with Gasteiger partial charge in [0.15, 0.2) is 0 Å². The summed E-state index contributed by atoms with van der Waals surface area (Å²) < 4.78 is 0. The Morgan fingerprint density at radius 2 is 0.519 bits per heavy atom. The first-order chi connectivity index (χ1) is 11.9. The molecule has 0 aliphatic rings. The minimum Gasteiger partial charge on any atom is -0.0823 e. The SMILES string of the molecule is CC(c1c(Cl)c(Cl)c(Cl)c(Cl)c1Cl)C(C)c1c(Cl)c(Cl)c(Cl)c(Cl)c1Cl.[Sb]. The van der Waals surface area contributed by atoms with Gasteiger partial charge in [0, 0.05) is 24.4 Å². The fourth-order valence-corrected chi connectivity index (χ4v) is 5.54. The van der Waals surface area contributed by atoms with Crippen molar-refractivity contribution < 1.29 is 0 Å². The molecule has 0 aromatic heterocycles. The zero-order valence-corrected chi connectivity index (χ0v) is 23.5. The van der Waals surface area contributed by atoms with Crippen LogP contribution in [0.4, 0.5) is 0 Å². The van der Waals surface area contributed by atoms with Crippen molar-refractivity contribution in [1.29, 1.82) is 0 Å². The number of halogens is 10. The van der Waals surface area contributed by atoms with E-state index in [1.165, 1.54) is 0 Å². The van der Waals surface area contributed by atoms with Crippen LogP contribution in [-0.4, -0.2) is 24.4 Å². The van der Waals surface area contributed by atoms with Crippen LogP contribution in [0.15, 0.2) is 0 Å². The van der Waals surface area contributed by atoms with Crippen molar-refractivity contribution in [1.82, 2.24) is 0 Å². The molecule has 0 amide bonds. The minimum absolute atomic E-state index is 0. The van der Waals surface area contributed by atoms with Crippen LogP contribution in [-0.2, 0) is 0 Å². The molecule has 0 saturated heterocycles. The van der Waals surface area contributed by atoms with Crippen LogP contribution in [0.2, 0.25) is 50.2 Å². The molecule has 2 aromatic carbocycles. The molecule has 147 valence electrons. The minimum atomic E-state index is -0.314. The number of hydrogen-bond acceptors (Lipinski definition) is 0. The van der Waals surface area contributed by atoms with Gasteiger partial charge < -0.3 is 0 Å². The Kier molecular flexibility index (Phi) is 10.7. The number of rotatable bonds is 3. The smallest absolute Gasteiger partial charge is 0.0809 e. The van der Waals surface area contributed by atoms with Crippen LogP contribution in [0.3, 0.4) is 0 Å². The molecule has 0 heterocycles. The maximum Gasteiger partial charge on any atom is 0.0809 e. The van der Waals surface area contributed by atoms with E-state index in [0.717, 1.165) is 0 Å². The van der Waals surface area contributed by atoms with Crippen LogP contribution in [0, 0.1) is 0 Å². The molecule has 2 aromatic rings. The fourth-order valence-electron chi connectivity index (χ4n) is 2.54. The van der Waals surface area contributed by atoms with Gasteiger partial charge in [-0.1, -0.05) is 130 Å². The third kappa shape index (κ3) is 4.99. The molecular weight excluding hydrogens is 668 g/mol. The van der Waals surface area contributed by atoms with E-state index < -0.39 is 0 Å². The summed E-state index contributed by atoms with van der Waals surface area (Å²) in [5.41, 5.74) is 1.02. The molecule has 2 atom stereocenters. The first kappa shape index (κ1) is 27.2. The van der Waals surface area contributed by atoms with Gasteiger partial charge in [0.1, 0.15) is 0 Å². The normalized spacial score (nSPS) is 13.3. The Balaban J connectivity index is 0.00000364. The number of benzene rings is 2. The summed E-state index contributed by atoms with van der Waals surface area (Å²) in [6.07, 6.45) is 0. The molecule has 0 spiro atoms. The molecule has 2 unspecified atom stereocenters. The first-order valence-electron chi connectivity index (χ1n) is 6.96. The number of hydrogen-bond donors (Lipinski definition) is 0. The second-order valence-electron chi connectivity index (χ2n) is 5.54. The van der Waals surface area contributed by atoms with Gasteiger partial charge in [0.25, 0.3) is 0 Å². The second-order valence-corrected chi connectivity index (χ2v) is 9.32. The summed E-state index contributed by atoms with van der Waals surface area (Å²) in [4.78, 5) is 0. The maximum atomic E-state index is 6.37. The molecule has 0 aliphatic heterocycles. The van der Waals surface area contributed by atoms with Crippen molar-refractivity contribution in [3.63, 3.8) is 0 Å². The Labute approximate surface area is 225 Å². The van der Waals surface area contributed by atoms with Crippen molar-refractivity contribution in [2.24, 2.45) is 0 Å². The van der Waals surface area contributed by atoms with Crippen molar-refractivity contribution in [2.45, 2.75) is 25.7 Å². The Morgan fingerprint density at radius 1 is 0.370 bits per heavy atom. The summed E-state index contributed by atoms with van der Waals surface area (Å²) in [6, 6.07) is 0.